The molecule has 1 aliphatic rings. The molecule has 0 aliphatic carbocycles. The summed E-state index contributed by atoms with van der Waals surface area (Å²) in [4.78, 5) is 23.0. The van der Waals surface area contributed by atoms with Crippen molar-refractivity contribution in [1.29, 1.82) is 0 Å². The number of carbonyl (C=O) groups is 1. The zero-order chi connectivity index (χ0) is 36.4. The van der Waals surface area contributed by atoms with Crippen LogP contribution in [0, 0.1) is 0 Å². The summed E-state index contributed by atoms with van der Waals surface area (Å²) < 4.78 is 110. The van der Waals surface area contributed by atoms with Crippen LogP contribution in [0.2, 0.25) is 0 Å². The molecule has 50 heavy (non-hydrogen) atoms. The fourth-order valence-electron chi connectivity index (χ4n) is 6.49. The Morgan fingerprint density at radius 2 is 1.66 bits per heavy atom. The van der Waals surface area contributed by atoms with Crippen molar-refractivity contribution in [2.24, 2.45) is 0 Å². The van der Waals surface area contributed by atoms with Crippen LogP contribution in [0.3, 0.4) is 0 Å². The first-order valence-corrected chi connectivity index (χ1v) is 18.1. The Kier molecular flexibility index (Phi) is 10.9. The van der Waals surface area contributed by atoms with E-state index in [9.17, 15) is 39.6 Å². The highest BCUT2D eigenvalue weighted by Crippen LogP contribution is 2.38. The Morgan fingerprint density at radius 3 is 2.26 bits per heavy atom. The maximum Gasteiger partial charge on any atom is 0.416 e. The van der Waals surface area contributed by atoms with E-state index in [2.05, 4.69) is 22.1 Å². The van der Waals surface area contributed by atoms with Crippen LogP contribution in [0.5, 0.6) is 0 Å². The van der Waals surface area contributed by atoms with Gasteiger partial charge in [0.1, 0.15) is 0 Å². The minimum absolute atomic E-state index is 0.00552. The number of hydrogen-bond donors (Lipinski definition) is 1. The van der Waals surface area contributed by atoms with Gasteiger partial charge in [0, 0.05) is 35.4 Å². The summed E-state index contributed by atoms with van der Waals surface area (Å²) in [5.74, 6) is -1.17. The number of amides is 1. The average Bonchev–Trinajstić information content (AvgIpc) is 3.06. The van der Waals surface area contributed by atoms with Gasteiger partial charge in [-0.1, -0.05) is 49.4 Å². The van der Waals surface area contributed by atoms with Crippen molar-refractivity contribution in [3.8, 4) is 11.3 Å². The first-order chi connectivity index (χ1) is 23.5. The van der Waals surface area contributed by atoms with Crippen molar-refractivity contribution in [2.75, 3.05) is 32.9 Å². The molecule has 7 nitrogen and oxygen atoms in total. The number of nitrogens with one attached hydrogen (secondary N) is 1. The highest BCUT2D eigenvalue weighted by molar-refractivity contribution is 7.90. The van der Waals surface area contributed by atoms with Gasteiger partial charge in [0.05, 0.1) is 27.2 Å². The van der Waals surface area contributed by atoms with E-state index in [4.69, 9.17) is 0 Å². The number of alkyl halides is 6. The predicted molar refractivity (Wildman–Crippen MR) is 179 cm³/mol. The SMILES string of the molecule is CCCN(C)C1CCN(Cc2c(-c3cccc(C(F)(F)F)c3)nc3ccc(S(C)(=O)=O)cc3c2C(=O)NC(c2ccccc2)C(F)(F)F)CC1. The van der Waals surface area contributed by atoms with Crippen LogP contribution in [0.4, 0.5) is 26.3 Å². The van der Waals surface area contributed by atoms with Gasteiger partial charge in [0.2, 0.25) is 0 Å². The lowest BCUT2D eigenvalue weighted by Crippen LogP contribution is -2.43. The van der Waals surface area contributed by atoms with E-state index in [-0.39, 0.29) is 56.3 Å². The normalized spacial score (nSPS) is 15.8. The van der Waals surface area contributed by atoms with Crippen LogP contribution in [0.15, 0.2) is 77.7 Å². The molecular weight excluding hydrogens is 682 g/mol. The molecular formula is C36H38F6N4O3S. The van der Waals surface area contributed by atoms with Crippen LogP contribution < -0.4 is 5.32 Å². The van der Waals surface area contributed by atoms with Gasteiger partial charge in [-0.2, -0.15) is 26.3 Å². The third-order valence-corrected chi connectivity index (χ3v) is 10.2. The summed E-state index contributed by atoms with van der Waals surface area (Å²) >= 11 is 0. The number of fused-ring (bicyclic) bond motifs is 1. The van der Waals surface area contributed by atoms with Gasteiger partial charge < -0.3 is 10.2 Å². The molecule has 5 rings (SSSR count). The lowest BCUT2D eigenvalue weighted by molar-refractivity contribution is -0.155. The highest BCUT2D eigenvalue weighted by atomic mass is 32.2. The van der Waals surface area contributed by atoms with E-state index < -0.39 is 39.7 Å². The molecule has 1 aromatic heterocycles. The van der Waals surface area contributed by atoms with Crippen LogP contribution in [-0.4, -0.2) is 74.3 Å². The van der Waals surface area contributed by atoms with Crippen molar-refractivity contribution in [3.05, 3.63) is 95.1 Å². The van der Waals surface area contributed by atoms with Crippen LogP contribution >= 0.6 is 0 Å². The molecule has 1 amide bonds. The number of nitrogens with zero attached hydrogens (tertiary/aromatic N) is 3. The van der Waals surface area contributed by atoms with Crippen molar-refractivity contribution >= 4 is 26.6 Å². The Hall–Kier alpha value is -4.01. The second kappa shape index (κ2) is 14.7. The molecule has 0 saturated carbocycles. The minimum Gasteiger partial charge on any atom is -0.337 e. The average molecular weight is 721 g/mol. The topological polar surface area (TPSA) is 82.6 Å². The maximum atomic E-state index is 14.5. The van der Waals surface area contributed by atoms with E-state index >= 15 is 0 Å². The molecule has 1 fully saturated rings. The zero-order valence-electron chi connectivity index (χ0n) is 27.8. The smallest absolute Gasteiger partial charge is 0.337 e. The maximum absolute atomic E-state index is 14.5. The summed E-state index contributed by atoms with van der Waals surface area (Å²) in [7, 11) is -1.81. The molecule has 2 heterocycles. The number of carbonyl (C=O) groups excluding carboxylic acids is 1. The number of likely N-dealkylation sites (tertiary alicyclic amines) is 1. The third kappa shape index (κ3) is 8.47. The molecule has 1 saturated heterocycles. The van der Waals surface area contributed by atoms with E-state index in [0.29, 0.717) is 13.1 Å². The van der Waals surface area contributed by atoms with E-state index in [1.807, 2.05) is 11.9 Å². The number of halogens is 6. The van der Waals surface area contributed by atoms with Gasteiger partial charge in [0.25, 0.3) is 5.91 Å². The van der Waals surface area contributed by atoms with Gasteiger partial charge >= 0.3 is 12.4 Å². The van der Waals surface area contributed by atoms with E-state index in [1.54, 1.807) is 0 Å². The number of pyridine rings is 1. The zero-order valence-corrected chi connectivity index (χ0v) is 28.6. The van der Waals surface area contributed by atoms with Crippen LogP contribution in [0.1, 0.15) is 59.3 Å². The summed E-state index contributed by atoms with van der Waals surface area (Å²) in [5.41, 5.74) is -1.39. The second-order valence-electron chi connectivity index (χ2n) is 12.7. The lowest BCUT2D eigenvalue weighted by Gasteiger charge is -2.37. The first kappa shape index (κ1) is 37.3. The molecule has 1 N–H and O–H groups in total. The number of rotatable bonds is 10. The minimum atomic E-state index is -4.92. The third-order valence-electron chi connectivity index (χ3n) is 9.05. The largest absolute Gasteiger partial charge is 0.416 e. The molecule has 14 heteroatoms. The fraction of sp³-hybridized carbons (Fsp3) is 0.389. The lowest BCUT2D eigenvalue weighted by atomic mass is 9.93. The monoisotopic (exact) mass is 720 g/mol. The Morgan fingerprint density at radius 1 is 0.980 bits per heavy atom. The van der Waals surface area contributed by atoms with Gasteiger partial charge in [-0.05, 0) is 81.8 Å². The Labute approximate surface area is 287 Å². The van der Waals surface area contributed by atoms with Gasteiger partial charge in [-0.25, -0.2) is 13.4 Å². The van der Waals surface area contributed by atoms with Crippen molar-refractivity contribution < 1.29 is 39.6 Å². The summed E-state index contributed by atoms with van der Waals surface area (Å²) in [6.07, 6.45) is -6.21. The van der Waals surface area contributed by atoms with Gasteiger partial charge in [-0.15, -0.1) is 0 Å². The second-order valence-corrected chi connectivity index (χ2v) is 14.7. The van der Waals surface area contributed by atoms with Crippen molar-refractivity contribution in [3.63, 3.8) is 0 Å². The number of piperidine rings is 1. The molecule has 0 bridgehead atoms. The summed E-state index contributed by atoms with van der Waals surface area (Å²) in [6, 6.07) is 12.7. The molecule has 268 valence electrons. The van der Waals surface area contributed by atoms with E-state index in [1.165, 1.54) is 60.7 Å². The molecule has 1 aliphatic heterocycles. The van der Waals surface area contributed by atoms with Crippen molar-refractivity contribution in [1.82, 2.24) is 20.1 Å². The molecule has 3 aromatic carbocycles. The first-order valence-electron chi connectivity index (χ1n) is 16.2. The molecule has 1 atom stereocenters. The Balaban J connectivity index is 1.73. The van der Waals surface area contributed by atoms with Gasteiger partial charge in [0.15, 0.2) is 15.9 Å². The fourth-order valence-corrected chi connectivity index (χ4v) is 7.13. The van der Waals surface area contributed by atoms with Crippen molar-refractivity contribution in [2.45, 2.75) is 62.1 Å². The van der Waals surface area contributed by atoms with E-state index in [0.717, 1.165) is 44.2 Å². The molecule has 4 aromatic rings. The molecule has 0 spiro atoms. The van der Waals surface area contributed by atoms with Gasteiger partial charge in [-0.3, -0.25) is 9.69 Å². The molecule has 1 unspecified atom stereocenters. The predicted octanol–water partition coefficient (Wildman–Crippen LogP) is 7.66. The highest BCUT2D eigenvalue weighted by Gasteiger charge is 2.43. The van der Waals surface area contributed by atoms with Crippen LogP contribution in [-0.2, 0) is 22.6 Å². The number of sulfone groups is 1. The molecule has 0 radical (unpaired) electrons. The summed E-state index contributed by atoms with van der Waals surface area (Å²) in [6.45, 7) is 4.02. The van der Waals surface area contributed by atoms with Crippen LogP contribution in [0.25, 0.3) is 22.2 Å². The number of aromatic nitrogens is 1. The Bertz CT molecular complexity index is 1940. The standard InChI is InChI=1S/C36H38F6N4O3S/c1-4-17-45(2)26-15-18-46(19-16-26)22-29-31(34(47)44-33(36(40,41)42)23-9-6-5-7-10-23)28-21-27(50(3,48)49)13-14-30(28)43-32(29)24-11-8-12-25(20-24)35(37,38)39/h5-14,20-21,26,33H,4,15-19,22H2,1-3H3,(H,44,47). The number of hydrogen-bond acceptors (Lipinski definition) is 6. The number of benzene rings is 3. The summed E-state index contributed by atoms with van der Waals surface area (Å²) in [5, 5.41) is 2.08. The quantitative estimate of drug-likeness (QED) is 0.170.